The van der Waals surface area contributed by atoms with Gasteiger partial charge in [0.15, 0.2) is 0 Å². The highest BCUT2D eigenvalue weighted by molar-refractivity contribution is 7.98. The Balaban J connectivity index is 2.20. The van der Waals surface area contributed by atoms with Crippen LogP contribution in [0.4, 0.5) is 5.69 Å². The summed E-state index contributed by atoms with van der Waals surface area (Å²) in [6.45, 7) is 2.64. The number of H-pyrrole nitrogens is 1. The van der Waals surface area contributed by atoms with Gasteiger partial charge in [-0.2, -0.15) is 10.4 Å². The maximum Gasteiger partial charge on any atom is 0.102 e. The van der Waals surface area contributed by atoms with Gasteiger partial charge in [-0.3, -0.25) is 5.10 Å². The van der Waals surface area contributed by atoms with E-state index in [4.69, 9.17) is 0 Å². The van der Waals surface area contributed by atoms with E-state index in [0.29, 0.717) is 12.1 Å². The summed E-state index contributed by atoms with van der Waals surface area (Å²) in [5.41, 5.74) is 3.71. The maximum absolute atomic E-state index is 9.22. The molecule has 0 fully saturated rings. The van der Waals surface area contributed by atoms with Crippen molar-refractivity contribution in [2.24, 2.45) is 0 Å². The Morgan fingerprint density at radius 1 is 1.50 bits per heavy atom. The molecule has 0 spiro atoms. The minimum absolute atomic E-state index is 0.662. The van der Waals surface area contributed by atoms with Gasteiger partial charge in [0, 0.05) is 22.7 Å². The van der Waals surface area contributed by atoms with Crippen LogP contribution >= 0.6 is 11.8 Å². The monoisotopic (exact) mass is 258 g/mol. The largest absolute Gasteiger partial charge is 0.380 e. The number of nitriles is 1. The number of nitrogens with one attached hydrogen (secondary N) is 2. The lowest BCUT2D eigenvalue weighted by Gasteiger charge is -2.10. The van der Waals surface area contributed by atoms with Crippen molar-refractivity contribution in [1.82, 2.24) is 10.2 Å². The summed E-state index contributed by atoms with van der Waals surface area (Å²) in [7, 11) is 0. The normalized spacial score (nSPS) is 10.1. The number of nitrogens with zero attached hydrogens (tertiary/aromatic N) is 2. The first-order valence-electron chi connectivity index (χ1n) is 5.56. The van der Waals surface area contributed by atoms with Gasteiger partial charge in [0.25, 0.3) is 0 Å². The zero-order chi connectivity index (χ0) is 13.0. The molecule has 2 aromatic rings. The summed E-state index contributed by atoms with van der Waals surface area (Å²) in [5.74, 6) is 0. The number of hydrogen-bond acceptors (Lipinski definition) is 4. The quantitative estimate of drug-likeness (QED) is 0.828. The van der Waals surface area contributed by atoms with Crippen molar-refractivity contribution in [3.05, 3.63) is 41.2 Å². The van der Waals surface area contributed by atoms with Gasteiger partial charge in [-0.1, -0.05) is 6.07 Å². The first-order valence-corrected chi connectivity index (χ1v) is 6.78. The Morgan fingerprint density at radius 3 is 2.94 bits per heavy atom. The molecule has 18 heavy (non-hydrogen) atoms. The van der Waals surface area contributed by atoms with Gasteiger partial charge in [0.1, 0.15) is 6.07 Å². The van der Waals surface area contributed by atoms with Gasteiger partial charge in [0.05, 0.1) is 17.4 Å². The second-order valence-corrected chi connectivity index (χ2v) is 4.72. The third-order valence-corrected chi connectivity index (χ3v) is 3.54. The smallest absolute Gasteiger partial charge is 0.102 e. The average molecular weight is 258 g/mol. The lowest BCUT2D eigenvalue weighted by Crippen LogP contribution is -2.02. The first kappa shape index (κ1) is 12.5. The highest BCUT2D eigenvalue weighted by Gasteiger charge is 2.07. The minimum atomic E-state index is 0.662. The third kappa shape index (κ3) is 2.49. The van der Waals surface area contributed by atoms with E-state index in [1.165, 1.54) is 0 Å². The van der Waals surface area contributed by atoms with Crippen molar-refractivity contribution in [1.29, 1.82) is 5.26 Å². The van der Waals surface area contributed by atoms with Gasteiger partial charge >= 0.3 is 0 Å². The molecule has 0 aliphatic heterocycles. The summed E-state index contributed by atoms with van der Waals surface area (Å²) in [6.07, 6.45) is 3.77. The molecular formula is C13H14N4S. The molecule has 0 atom stereocenters. The molecule has 0 aliphatic carbocycles. The van der Waals surface area contributed by atoms with Crippen LogP contribution in [0, 0.1) is 18.3 Å². The molecule has 1 heterocycles. The number of benzene rings is 1. The van der Waals surface area contributed by atoms with Gasteiger partial charge in [-0.05, 0) is 25.3 Å². The molecule has 2 rings (SSSR count). The molecule has 1 aromatic carbocycles. The fourth-order valence-electron chi connectivity index (χ4n) is 1.71. The average Bonchev–Trinajstić information content (AvgIpc) is 2.81. The number of anilines is 1. The molecule has 0 bridgehead atoms. The Bertz CT molecular complexity index is 583. The van der Waals surface area contributed by atoms with Crippen LogP contribution in [-0.4, -0.2) is 16.5 Å². The van der Waals surface area contributed by atoms with Crippen LogP contribution in [0.3, 0.4) is 0 Å². The van der Waals surface area contributed by atoms with Crippen LogP contribution in [0.5, 0.6) is 0 Å². The number of aryl methyl sites for hydroxylation is 1. The van der Waals surface area contributed by atoms with Crippen LogP contribution in [0.1, 0.15) is 16.8 Å². The lowest BCUT2D eigenvalue weighted by atomic mass is 10.2. The summed E-state index contributed by atoms with van der Waals surface area (Å²) >= 11 is 1.58. The van der Waals surface area contributed by atoms with Crippen LogP contribution in [-0.2, 0) is 6.54 Å². The standard InChI is InChI=1S/C13H14N4S/c1-9-10(8-16-17-9)7-15-12-4-3-5-13(18-2)11(12)6-14/h3-5,8,15H,7H2,1-2H3,(H,16,17). The zero-order valence-corrected chi connectivity index (χ0v) is 11.1. The second kappa shape index (κ2) is 5.61. The van der Waals surface area contributed by atoms with E-state index in [0.717, 1.165) is 21.8 Å². The van der Waals surface area contributed by atoms with E-state index in [9.17, 15) is 5.26 Å². The van der Waals surface area contributed by atoms with Crippen molar-refractivity contribution in [3.63, 3.8) is 0 Å². The van der Waals surface area contributed by atoms with E-state index in [1.54, 1.807) is 18.0 Å². The third-order valence-electron chi connectivity index (χ3n) is 2.76. The fraction of sp³-hybridized carbons (Fsp3) is 0.231. The Kier molecular flexibility index (Phi) is 3.90. The molecule has 0 radical (unpaired) electrons. The summed E-state index contributed by atoms with van der Waals surface area (Å²) in [6, 6.07) is 8.09. The molecule has 0 saturated carbocycles. The molecule has 4 nitrogen and oxygen atoms in total. The second-order valence-electron chi connectivity index (χ2n) is 3.87. The van der Waals surface area contributed by atoms with Gasteiger partial charge < -0.3 is 5.32 Å². The van der Waals surface area contributed by atoms with E-state index in [1.807, 2.05) is 31.4 Å². The number of hydrogen-bond donors (Lipinski definition) is 2. The maximum atomic E-state index is 9.22. The molecule has 0 amide bonds. The topological polar surface area (TPSA) is 64.5 Å². The zero-order valence-electron chi connectivity index (χ0n) is 10.3. The highest BCUT2D eigenvalue weighted by Crippen LogP contribution is 2.26. The predicted molar refractivity (Wildman–Crippen MR) is 73.6 cm³/mol. The summed E-state index contributed by atoms with van der Waals surface area (Å²) in [5, 5.41) is 19.4. The van der Waals surface area contributed by atoms with Crippen molar-refractivity contribution in [2.75, 3.05) is 11.6 Å². The predicted octanol–water partition coefficient (Wildman–Crippen LogP) is 2.92. The first-order chi connectivity index (χ1) is 8.76. The van der Waals surface area contributed by atoms with Crippen LogP contribution < -0.4 is 5.32 Å². The number of rotatable bonds is 4. The van der Waals surface area contributed by atoms with Gasteiger partial charge in [-0.25, -0.2) is 0 Å². The van der Waals surface area contributed by atoms with Crippen LogP contribution in [0.15, 0.2) is 29.3 Å². The molecule has 2 N–H and O–H groups in total. The van der Waals surface area contributed by atoms with Crippen LogP contribution in [0.2, 0.25) is 0 Å². The Labute approximate surface area is 110 Å². The van der Waals surface area contributed by atoms with E-state index < -0.39 is 0 Å². The molecule has 0 saturated heterocycles. The van der Waals surface area contributed by atoms with E-state index >= 15 is 0 Å². The number of aromatic nitrogens is 2. The van der Waals surface area contributed by atoms with E-state index in [2.05, 4.69) is 21.6 Å². The molecule has 5 heteroatoms. The molecule has 92 valence electrons. The molecular weight excluding hydrogens is 244 g/mol. The SMILES string of the molecule is CSc1cccc(NCc2cn[nH]c2C)c1C#N. The van der Waals surface area contributed by atoms with Crippen molar-refractivity contribution < 1.29 is 0 Å². The Hall–Kier alpha value is -1.93. The highest BCUT2D eigenvalue weighted by atomic mass is 32.2. The number of aromatic amines is 1. The lowest BCUT2D eigenvalue weighted by molar-refractivity contribution is 1.04. The molecule has 1 aromatic heterocycles. The number of thioether (sulfide) groups is 1. The van der Waals surface area contributed by atoms with Crippen molar-refractivity contribution in [3.8, 4) is 6.07 Å². The van der Waals surface area contributed by atoms with Crippen molar-refractivity contribution in [2.45, 2.75) is 18.4 Å². The van der Waals surface area contributed by atoms with E-state index in [-0.39, 0.29) is 0 Å². The molecule has 0 unspecified atom stereocenters. The molecule has 0 aliphatic rings. The fourth-order valence-corrected chi connectivity index (χ4v) is 2.28. The van der Waals surface area contributed by atoms with Gasteiger partial charge in [-0.15, -0.1) is 11.8 Å². The summed E-state index contributed by atoms with van der Waals surface area (Å²) < 4.78 is 0. The Morgan fingerprint density at radius 2 is 2.33 bits per heavy atom. The van der Waals surface area contributed by atoms with Crippen molar-refractivity contribution >= 4 is 17.4 Å². The minimum Gasteiger partial charge on any atom is -0.380 e. The van der Waals surface area contributed by atoms with Gasteiger partial charge in [0.2, 0.25) is 0 Å². The summed E-state index contributed by atoms with van der Waals surface area (Å²) in [4.78, 5) is 0.992. The van der Waals surface area contributed by atoms with Crippen LogP contribution in [0.25, 0.3) is 0 Å².